The van der Waals surface area contributed by atoms with Crippen LogP contribution in [0.25, 0.3) is 0 Å². The Morgan fingerprint density at radius 2 is 2.15 bits per heavy atom. The van der Waals surface area contributed by atoms with E-state index in [0.29, 0.717) is 19.2 Å². The Balaban J connectivity index is 2.38. The van der Waals surface area contributed by atoms with Gasteiger partial charge < -0.3 is 15.2 Å². The van der Waals surface area contributed by atoms with Crippen LogP contribution in [0.15, 0.2) is 24.3 Å². The molecule has 1 aliphatic rings. The number of methoxy groups -OCH3 is 1. The van der Waals surface area contributed by atoms with Crippen LogP contribution >= 0.6 is 0 Å². The Morgan fingerprint density at radius 3 is 2.80 bits per heavy atom. The molecule has 0 amide bonds. The second kappa shape index (κ2) is 7.18. The van der Waals surface area contributed by atoms with E-state index in [1.807, 2.05) is 0 Å². The number of benzene rings is 1. The van der Waals surface area contributed by atoms with Crippen molar-refractivity contribution in [1.29, 1.82) is 0 Å². The standard InChI is InChI=1S/C16H26N2O2/c1-12(2)18-8-9-20-15(10-17)16(18)14-7-5-4-6-13(14)11-19-3/h4-7,12,15-16H,8-11,17H2,1-3H3. The molecule has 0 aromatic heterocycles. The average molecular weight is 278 g/mol. The molecular formula is C16H26N2O2. The monoisotopic (exact) mass is 278 g/mol. The van der Waals surface area contributed by atoms with Crippen LogP contribution in [0.2, 0.25) is 0 Å². The lowest BCUT2D eigenvalue weighted by atomic mass is 9.93. The Morgan fingerprint density at radius 1 is 1.40 bits per heavy atom. The van der Waals surface area contributed by atoms with Gasteiger partial charge in [-0.05, 0) is 25.0 Å². The van der Waals surface area contributed by atoms with E-state index in [0.717, 1.165) is 13.2 Å². The van der Waals surface area contributed by atoms with Crippen molar-refractivity contribution in [1.82, 2.24) is 4.90 Å². The van der Waals surface area contributed by atoms with Crippen LogP contribution in [0.5, 0.6) is 0 Å². The van der Waals surface area contributed by atoms with Crippen molar-refractivity contribution in [2.75, 3.05) is 26.8 Å². The summed E-state index contributed by atoms with van der Waals surface area (Å²) >= 11 is 0. The smallest absolute Gasteiger partial charge is 0.0894 e. The number of hydrogen-bond acceptors (Lipinski definition) is 4. The van der Waals surface area contributed by atoms with E-state index in [1.54, 1.807) is 7.11 Å². The van der Waals surface area contributed by atoms with Crippen molar-refractivity contribution in [2.24, 2.45) is 5.73 Å². The quantitative estimate of drug-likeness (QED) is 0.894. The topological polar surface area (TPSA) is 47.7 Å². The first kappa shape index (κ1) is 15.4. The molecule has 0 aliphatic carbocycles. The van der Waals surface area contributed by atoms with Gasteiger partial charge in [0.2, 0.25) is 0 Å². The van der Waals surface area contributed by atoms with Gasteiger partial charge in [0.15, 0.2) is 0 Å². The highest BCUT2D eigenvalue weighted by Crippen LogP contribution is 2.33. The lowest BCUT2D eigenvalue weighted by molar-refractivity contribution is -0.0794. The number of morpholine rings is 1. The van der Waals surface area contributed by atoms with Gasteiger partial charge in [-0.1, -0.05) is 24.3 Å². The summed E-state index contributed by atoms with van der Waals surface area (Å²) < 4.78 is 11.2. The maximum absolute atomic E-state index is 5.93. The average Bonchev–Trinajstić information content (AvgIpc) is 2.47. The fourth-order valence-electron chi connectivity index (χ4n) is 3.02. The third kappa shape index (κ3) is 3.20. The summed E-state index contributed by atoms with van der Waals surface area (Å²) in [7, 11) is 1.73. The molecule has 4 nitrogen and oxygen atoms in total. The molecule has 20 heavy (non-hydrogen) atoms. The third-order valence-electron chi connectivity index (χ3n) is 3.96. The summed E-state index contributed by atoms with van der Waals surface area (Å²) in [6.07, 6.45) is 0.0455. The zero-order valence-corrected chi connectivity index (χ0v) is 12.7. The Bertz CT molecular complexity index is 423. The molecule has 1 saturated heterocycles. The SMILES string of the molecule is COCc1ccccc1C1C(CN)OCCN1C(C)C. The van der Waals surface area contributed by atoms with Crippen molar-refractivity contribution >= 4 is 0 Å². The lowest BCUT2D eigenvalue weighted by Gasteiger charge is -2.44. The molecule has 1 aromatic rings. The van der Waals surface area contributed by atoms with Crippen molar-refractivity contribution in [3.63, 3.8) is 0 Å². The summed E-state index contributed by atoms with van der Waals surface area (Å²) in [4.78, 5) is 2.48. The summed E-state index contributed by atoms with van der Waals surface area (Å²) in [5.41, 5.74) is 8.43. The normalized spacial score (nSPS) is 24.2. The highest BCUT2D eigenvalue weighted by molar-refractivity contribution is 5.31. The van der Waals surface area contributed by atoms with Crippen LogP contribution in [-0.4, -0.2) is 43.9 Å². The zero-order chi connectivity index (χ0) is 14.5. The summed E-state index contributed by atoms with van der Waals surface area (Å²) in [5, 5.41) is 0. The van der Waals surface area contributed by atoms with Gasteiger partial charge in [0.1, 0.15) is 0 Å². The van der Waals surface area contributed by atoms with Crippen LogP contribution in [0.4, 0.5) is 0 Å². The van der Waals surface area contributed by atoms with Gasteiger partial charge in [-0.3, -0.25) is 4.90 Å². The van der Waals surface area contributed by atoms with Crippen molar-refractivity contribution < 1.29 is 9.47 Å². The second-order valence-corrected chi connectivity index (χ2v) is 5.55. The first-order valence-corrected chi connectivity index (χ1v) is 7.33. The van der Waals surface area contributed by atoms with Crippen molar-refractivity contribution in [3.05, 3.63) is 35.4 Å². The molecule has 2 atom stereocenters. The van der Waals surface area contributed by atoms with E-state index >= 15 is 0 Å². The maximum atomic E-state index is 5.93. The first-order chi connectivity index (χ1) is 9.69. The molecule has 0 spiro atoms. The molecule has 2 N–H and O–H groups in total. The van der Waals surface area contributed by atoms with Gasteiger partial charge in [0.05, 0.1) is 25.4 Å². The van der Waals surface area contributed by atoms with Gasteiger partial charge >= 0.3 is 0 Å². The number of nitrogens with zero attached hydrogens (tertiary/aromatic N) is 1. The van der Waals surface area contributed by atoms with E-state index in [-0.39, 0.29) is 12.1 Å². The molecule has 2 rings (SSSR count). The highest BCUT2D eigenvalue weighted by Gasteiger charge is 2.35. The van der Waals surface area contributed by atoms with Crippen LogP contribution in [-0.2, 0) is 16.1 Å². The number of ether oxygens (including phenoxy) is 2. The largest absolute Gasteiger partial charge is 0.380 e. The summed E-state index contributed by atoms with van der Waals surface area (Å²) in [6.45, 7) is 7.31. The van der Waals surface area contributed by atoms with Crippen molar-refractivity contribution in [3.8, 4) is 0 Å². The molecule has 0 saturated carbocycles. The van der Waals surface area contributed by atoms with Crippen LogP contribution < -0.4 is 5.73 Å². The third-order valence-corrected chi connectivity index (χ3v) is 3.96. The summed E-state index contributed by atoms with van der Waals surface area (Å²) in [6, 6.07) is 9.10. The van der Waals surface area contributed by atoms with Crippen LogP contribution in [0.3, 0.4) is 0 Å². The van der Waals surface area contributed by atoms with Gasteiger partial charge in [0.25, 0.3) is 0 Å². The van der Waals surface area contributed by atoms with Crippen LogP contribution in [0.1, 0.15) is 31.0 Å². The van der Waals surface area contributed by atoms with Gasteiger partial charge in [-0.2, -0.15) is 0 Å². The first-order valence-electron chi connectivity index (χ1n) is 7.33. The number of nitrogens with two attached hydrogens (primary N) is 1. The van der Waals surface area contributed by atoms with E-state index in [4.69, 9.17) is 15.2 Å². The molecule has 1 heterocycles. The Kier molecular flexibility index (Phi) is 5.54. The van der Waals surface area contributed by atoms with Crippen molar-refractivity contribution in [2.45, 2.75) is 38.6 Å². The minimum Gasteiger partial charge on any atom is -0.380 e. The molecule has 1 aliphatic heterocycles. The highest BCUT2D eigenvalue weighted by atomic mass is 16.5. The fourth-order valence-corrected chi connectivity index (χ4v) is 3.02. The Hall–Kier alpha value is -0.940. The second-order valence-electron chi connectivity index (χ2n) is 5.55. The molecule has 1 aromatic carbocycles. The minimum atomic E-state index is 0.0455. The zero-order valence-electron chi connectivity index (χ0n) is 12.7. The molecular weight excluding hydrogens is 252 g/mol. The van der Waals surface area contributed by atoms with Gasteiger partial charge in [-0.25, -0.2) is 0 Å². The lowest BCUT2D eigenvalue weighted by Crippen LogP contribution is -2.51. The molecule has 4 heteroatoms. The fraction of sp³-hybridized carbons (Fsp3) is 0.625. The number of hydrogen-bond donors (Lipinski definition) is 1. The molecule has 112 valence electrons. The van der Waals surface area contributed by atoms with Gasteiger partial charge in [-0.15, -0.1) is 0 Å². The van der Waals surface area contributed by atoms with E-state index < -0.39 is 0 Å². The van der Waals surface area contributed by atoms with Gasteiger partial charge in [0, 0.05) is 26.2 Å². The van der Waals surface area contributed by atoms with E-state index in [9.17, 15) is 0 Å². The molecule has 0 bridgehead atoms. The summed E-state index contributed by atoms with van der Waals surface area (Å²) in [5.74, 6) is 0. The molecule has 2 unspecified atom stereocenters. The predicted octanol–water partition coefficient (Wildman–Crippen LogP) is 1.94. The minimum absolute atomic E-state index is 0.0455. The van der Waals surface area contributed by atoms with Crippen LogP contribution in [0, 0.1) is 0 Å². The van der Waals surface area contributed by atoms with E-state index in [1.165, 1.54) is 11.1 Å². The van der Waals surface area contributed by atoms with E-state index in [2.05, 4.69) is 43.0 Å². The Labute approximate surface area is 121 Å². The number of rotatable bonds is 5. The molecule has 0 radical (unpaired) electrons. The maximum Gasteiger partial charge on any atom is 0.0894 e. The predicted molar refractivity (Wildman–Crippen MR) is 80.5 cm³/mol. The molecule has 1 fully saturated rings.